The van der Waals surface area contributed by atoms with E-state index in [1.165, 1.54) is 11.9 Å². The summed E-state index contributed by atoms with van der Waals surface area (Å²) in [6.07, 6.45) is 0. The van der Waals surface area contributed by atoms with E-state index in [-0.39, 0.29) is 13.2 Å². The second-order valence-electron chi connectivity index (χ2n) is 3.22. The number of benzene rings is 1. The van der Waals surface area contributed by atoms with Crippen molar-refractivity contribution in [1.29, 1.82) is 0 Å². The molecule has 96 valence electrons. The molecule has 1 aromatic rings. The second-order valence-corrected chi connectivity index (χ2v) is 4.39. The smallest absolute Gasteiger partial charge is 0.101 e. The molecule has 0 fully saturated rings. The van der Waals surface area contributed by atoms with Gasteiger partial charge in [-0.25, -0.2) is 4.31 Å². The molecule has 0 saturated carbocycles. The van der Waals surface area contributed by atoms with Gasteiger partial charge in [0.05, 0.1) is 0 Å². The number of hydrogen-bond acceptors (Lipinski definition) is 5. The summed E-state index contributed by atoms with van der Waals surface area (Å²) >= 11 is 1.36. The molecule has 0 aromatic heterocycles. The van der Waals surface area contributed by atoms with Gasteiger partial charge in [-0.15, -0.1) is 0 Å². The Bertz CT molecular complexity index is 306. The van der Waals surface area contributed by atoms with Gasteiger partial charge < -0.3 is 5.73 Å². The van der Waals surface area contributed by atoms with E-state index in [9.17, 15) is 9.05 Å². The lowest BCUT2D eigenvalue weighted by atomic mass is 10.3. The van der Waals surface area contributed by atoms with E-state index in [0.717, 1.165) is 4.90 Å². The van der Waals surface area contributed by atoms with E-state index in [4.69, 9.17) is 5.73 Å². The van der Waals surface area contributed by atoms with E-state index in [1.54, 1.807) is 16.4 Å². The van der Waals surface area contributed by atoms with E-state index in [1.807, 2.05) is 12.1 Å². The molecule has 0 aliphatic carbocycles. The van der Waals surface area contributed by atoms with Crippen LogP contribution in [0.5, 0.6) is 0 Å². The molecule has 0 heterocycles. The fourth-order valence-electron chi connectivity index (χ4n) is 1.15. The number of nitrogens with two attached hydrogens (primary N) is 1. The van der Waals surface area contributed by atoms with Crippen LogP contribution in [0.15, 0.2) is 29.2 Å². The summed E-state index contributed by atoms with van der Waals surface area (Å²) in [5.41, 5.74) is 6.22. The van der Waals surface area contributed by atoms with Crippen molar-refractivity contribution >= 4 is 17.6 Å². The highest BCUT2D eigenvalue weighted by molar-refractivity contribution is 7.97. The molecule has 0 saturated heterocycles. The summed E-state index contributed by atoms with van der Waals surface area (Å²) in [7, 11) is 0. The van der Waals surface area contributed by atoms with Gasteiger partial charge in [0.1, 0.15) is 13.2 Å². The second kappa shape index (κ2) is 8.24. The van der Waals surface area contributed by atoms with E-state index in [2.05, 4.69) is 9.88 Å². The molecule has 2 N–H and O–H groups in total. The standard InChI is InChI=1S/C10H14F2N2O2S/c11-15-7-5-14(6-8-16-12)17-10-3-1-9(13)2-4-10/h1-4H,5-8,13H2. The number of nitrogens with zero attached hydrogens (tertiary/aromatic N) is 1. The molecule has 7 heteroatoms. The van der Waals surface area contributed by atoms with Crippen LogP contribution in [0.1, 0.15) is 0 Å². The number of halogens is 2. The normalized spacial score (nSPS) is 11.0. The third-order valence-corrected chi connectivity index (χ3v) is 3.06. The SMILES string of the molecule is Nc1ccc(SN(CCOF)CCOF)cc1. The zero-order valence-corrected chi connectivity index (χ0v) is 9.96. The minimum Gasteiger partial charge on any atom is -0.399 e. The quantitative estimate of drug-likeness (QED) is 0.577. The van der Waals surface area contributed by atoms with E-state index in [0.29, 0.717) is 18.8 Å². The monoisotopic (exact) mass is 264 g/mol. The van der Waals surface area contributed by atoms with Crippen molar-refractivity contribution < 1.29 is 18.9 Å². The molecule has 0 amide bonds. The van der Waals surface area contributed by atoms with Gasteiger partial charge in [-0.2, -0.15) is 9.88 Å². The van der Waals surface area contributed by atoms with Crippen LogP contribution in [-0.4, -0.2) is 30.6 Å². The lowest BCUT2D eigenvalue weighted by molar-refractivity contribution is -0.141. The van der Waals surface area contributed by atoms with Crippen molar-refractivity contribution in [1.82, 2.24) is 4.31 Å². The number of nitrogen functional groups attached to an aromatic ring is 1. The minimum absolute atomic E-state index is 0.0751. The van der Waals surface area contributed by atoms with Crippen molar-refractivity contribution in [2.24, 2.45) is 0 Å². The van der Waals surface area contributed by atoms with Gasteiger partial charge in [0.2, 0.25) is 0 Å². The first kappa shape index (κ1) is 14.2. The van der Waals surface area contributed by atoms with Gasteiger partial charge in [-0.05, 0) is 45.3 Å². The first-order valence-corrected chi connectivity index (χ1v) is 5.79. The molecular formula is C10H14F2N2O2S. The maximum Gasteiger partial charge on any atom is 0.101 e. The number of hydrogen-bond donors (Lipinski definition) is 1. The molecule has 0 aliphatic heterocycles. The third-order valence-electron chi connectivity index (χ3n) is 1.95. The number of anilines is 1. The van der Waals surface area contributed by atoms with Gasteiger partial charge in [-0.3, -0.25) is 0 Å². The largest absolute Gasteiger partial charge is 0.399 e. The van der Waals surface area contributed by atoms with Gasteiger partial charge in [0.25, 0.3) is 0 Å². The zero-order chi connectivity index (χ0) is 12.5. The van der Waals surface area contributed by atoms with Crippen molar-refractivity contribution in [3.8, 4) is 0 Å². The predicted molar refractivity (Wildman–Crippen MR) is 62.4 cm³/mol. The average molecular weight is 264 g/mol. The van der Waals surface area contributed by atoms with Crippen LogP contribution < -0.4 is 5.73 Å². The van der Waals surface area contributed by atoms with Gasteiger partial charge in [-0.1, -0.05) is 0 Å². The van der Waals surface area contributed by atoms with Crippen LogP contribution >= 0.6 is 11.9 Å². The topological polar surface area (TPSA) is 47.7 Å². The van der Waals surface area contributed by atoms with E-state index >= 15 is 0 Å². The first-order chi connectivity index (χ1) is 8.26. The molecule has 0 spiro atoms. The van der Waals surface area contributed by atoms with Crippen LogP contribution in [0.3, 0.4) is 0 Å². The first-order valence-electron chi connectivity index (χ1n) is 5.02. The Hall–Kier alpha value is -0.890. The van der Waals surface area contributed by atoms with Gasteiger partial charge in [0.15, 0.2) is 0 Å². The molecule has 0 radical (unpaired) electrons. The Balaban J connectivity index is 2.48. The minimum atomic E-state index is -0.0751. The summed E-state index contributed by atoms with van der Waals surface area (Å²) < 4.78 is 25.0. The molecule has 1 aromatic carbocycles. The Morgan fingerprint density at radius 3 is 2.06 bits per heavy atom. The van der Waals surface area contributed by atoms with Crippen LogP contribution in [-0.2, 0) is 9.88 Å². The highest BCUT2D eigenvalue weighted by atomic mass is 32.2. The molecule has 0 bridgehead atoms. The molecule has 0 aliphatic rings. The van der Waals surface area contributed by atoms with Crippen molar-refractivity contribution in [2.75, 3.05) is 32.0 Å². The average Bonchev–Trinajstić information content (AvgIpc) is 2.35. The van der Waals surface area contributed by atoms with Crippen molar-refractivity contribution in [2.45, 2.75) is 4.90 Å². The summed E-state index contributed by atoms with van der Waals surface area (Å²) in [6.45, 7) is 0.506. The van der Waals surface area contributed by atoms with Gasteiger partial charge >= 0.3 is 0 Å². The molecule has 4 nitrogen and oxygen atoms in total. The van der Waals surface area contributed by atoms with Crippen LogP contribution in [0.2, 0.25) is 0 Å². The summed E-state index contributed by atoms with van der Waals surface area (Å²) in [4.78, 5) is 7.93. The molecule has 0 unspecified atom stereocenters. The number of rotatable bonds is 8. The summed E-state index contributed by atoms with van der Waals surface area (Å²) in [5, 5.41) is 0. The Labute approximate surface area is 103 Å². The fourth-order valence-corrected chi connectivity index (χ4v) is 2.04. The highest BCUT2D eigenvalue weighted by Crippen LogP contribution is 2.23. The van der Waals surface area contributed by atoms with Crippen molar-refractivity contribution in [3.05, 3.63) is 24.3 Å². The van der Waals surface area contributed by atoms with Gasteiger partial charge in [0, 0.05) is 23.7 Å². The summed E-state index contributed by atoms with van der Waals surface area (Å²) in [5.74, 6) is 0. The maximum atomic E-state index is 11.6. The predicted octanol–water partition coefficient (Wildman–Crippen LogP) is 2.38. The van der Waals surface area contributed by atoms with Crippen LogP contribution in [0, 0.1) is 0 Å². The lowest BCUT2D eigenvalue weighted by Gasteiger charge is -2.18. The zero-order valence-electron chi connectivity index (χ0n) is 9.14. The molecular weight excluding hydrogens is 250 g/mol. The Morgan fingerprint density at radius 1 is 1.06 bits per heavy atom. The third kappa shape index (κ3) is 5.83. The van der Waals surface area contributed by atoms with Crippen molar-refractivity contribution in [3.63, 3.8) is 0 Å². The molecule has 1 rings (SSSR count). The fraction of sp³-hybridized carbons (Fsp3) is 0.400. The summed E-state index contributed by atoms with van der Waals surface area (Å²) in [6, 6.07) is 7.19. The Kier molecular flexibility index (Phi) is 6.87. The van der Waals surface area contributed by atoms with Crippen LogP contribution in [0.4, 0.5) is 14.7 Å². The molecule has 0 atom stereocenters. The maximum absolute atomic E-state index is 11.6. The van der Waals surface area contributed by atoms with Crippen LogP contribution in [0.25, 0.3) is 0 Å². The lowest BCUT2D eigenvalue weighted by Crippen LogP contribution is -2.23. The molecule has 17 heavy (non-hydrogen) atoms. The van der Waals surface area contributed by atoms with E-state index < -0.39 is 0 Å². The Morgan fingerprint density at radius 2 is 1.59 bits per heavy atom. The highest BCUT2D eigenvalue weighted by Gasteiger charge is 2.07.